The topological polar surface area (TPSA) is 29.5 Å². The van der Waals surface area contributed by atoms with Gasteiger partial charge in [0.15, 0.2) is 0 Å². The van der Waals surface area contributed by atoms with Crippen LogP contribution in [0.15, 0.2) is 18.2 Å². The molecule has 1 N–H and O–H groups in total. The van der Waals surface area contributed by atoms with Crippen molar-refractivity contribution < 1.29 is 27.4 Å². The standard InChI is InChI=1S/C13H16F4O2/c1-4-12(2,19-3)11(18)8-5-6-10(14)9(7-8)13(15,16)17/h5-7,11,18H,4H2,1-3H3. The van der Waals surface area contributed by atoms with Crippen LogP contribution in [-0.4, -0.2) is 17.8 Å². The SMILES string of the molecule is CCC(C)(OC)C(O)c1ccc(F)c(C(F)(F)F)c1. The van der Waals surface area contributed by atoms with E-state index >= 15 is 0 Å². The van der Waals surface area contributed by atoms with Crippen LogP contribution in [0.2, 0.25) is 0 Å². The van der Waals surface area contributed by atoms with Gasteiger partial charge in [-0.2, -0.15) is 13.2 Å². The zero-order chi connectivity index (χ0) is 14.8. The first kappa shape index (κ1) is 15.9. The van der Waals surface area contributed by atoms with E-state index in [9.17, 15) is 22.7 Å². The number of aliphatic hydroxyl groups excluding tert-OH is 1. The molecule has 6 heteroatoms. The predicted octanol–water partition coefficient (Wildman–Crippen LogP) is 3.69. The van der Waals surface area contributed by atoms with Crippen molar-refractivity contribution in [1.29, 1.82) is 0 Å². The maximum atomic E-state index is 13.2. The average molecular weight is 280 g/mol. The molecule has 1 aromatic carbocycles. The normalized spacial score (nSPS) is 17.1. The van der Waals surface area contributed by atoms with Crippen LogP contribution in [0.5, 0.6) is 0 Å². The van der Waals surface area contributed by atoms with Gasteiger partial charge in [0, 0.05) is 7.11 Å². The monoisotopic (exact) mass is 280 g/mol. The number of aliphatic hydroxyl groups is 1. The fraction of sp³-hybridized carbons (Fsp3) is 0.538. The molecular formula is C13H16F4O2. The minimum Gasteiger partial charge on any atom is -0.385 e. The molecule has 0 aliphatic heterocycles. The van der Waals surface area contributed by atoms with Crippen LogP contribution in [0.4, 0.5) is 17.6 Å². The Morgan fingerprint density at radius 2 is 1.89 bits per heavy atom. The van der Waals surface area contributed by atoms with Crippen molar-refractivity contribution in [3.05, 3.63) is 35.1 Å². The van der Waals surface area contributed by atoms with Gasteiger partial charge in [0.2, 0.25) is 0 Å². The molecule has 1 rings (SSSR count). The minimum absolute atomic E-state index is 0.0278. The van der Waals surface area contributed by atoms with Crippen LogP contribution >= 0.6 is 0 Å². The van der Waals surface area contributed by atoms with Gasteiger partial charge in [-0.15, -0.1) is 0 Å². The molecule has 0 bridgehead atoms. The fourth-order valence-electron chi connectivity index (χ4n) is 1.73. The van der Waals surface area contributed by atoms with E-state index < -0.39 is 29.3 Å². The number of rotatable bonds is 4. The summed E-state index contributed by atoms with van der Waals surface area (Å²) in [6.45, 7) is 3.31. The summed E-state index contributed by atoms with van der Waals surface area (Å²) >= 11 is 0. The fourth-order valence-corrected chi connectivity index (χ4v) is 1.73. The van der Waals surface area contributed by atoms with E-state index in [1.54, 1.807) is 13.8 Å². The molecule has 0 aliphatic carbocycles. The Labute approximate surface area is 109 Å². The summed E-state index contributed by atoms with van der Waals surface area (Å²) in [6.07, 6.45) is -5.68. The third kappa shape index (κ3) is 3.25. The second-order valence-corrected chi connectivity index (χ2v) is 4.51. The molecule has 0 amide bonds. The number of ether oxygens (including phenoxy) is 1. The van der Waals surface area contributed by atoms with Gasteiger partial charge in [-0.1, -0.05) is 13.0 Å². The predicted molar refractivity (Wildman–Crippen MR) is 62.1 cm³/mol. The minimum atomic E-state index is -4.80. The molecule has 0 aliphatic rings. The third-order valence-corrected chi connectivity index (χ3v) is 3.36. The lowest BCUT2D eigenvalue weighted by Crippen LogP contribution is -2.34. The van der Waals surface area contributed by atoms with Crippen molar-refractivity contribution in [2.75, 3.05) is 7.11 Å². The van der Waals surface area contributed by atoms with E-state index in [0.29, 0.717) is 18.6 Å². The van der Waals surface area contributed by atoms with Gasteiger partial charge in [-0.25, -0.2) is 4.39 Å². The third-order valence-electron chi connectivity index (χ3n) is 3.36. The molecule has 0 saturated heterocycles. The van der Waals surface area contributed by atoms with Crippen molar-refractivity contribution in [2.45, 2.75) is 38.1 Å². The molecule has 0 aromatic heterocycles. The number of benzene rings is 1. The number of halogens is 4. The Kier molecular flexibility index (Phi) is 4.58. The Hall–Kier alpha value is -1.14. The molecule has 0 spiro atoms. The van der Waals surface area contributed by atoms with Gasteiger partial charge >= 0.3 is 6.18 Å². The zero-order valence-corrected chi connectivity index (χ0v) is 10.9. The van der Waals surface area contributed by atoms with Gasteiger partial charge < -0.3 is 9.84 Å². The van der Waals surface area contributed by atoms with Crippen LogP contribution in [0.1, 0.15) is 37.5 Å². The molecule has 19 heavy (non-hydrogen) atoms. The van der Waals surface area contributed by atoms with Crippen molar-refractivity contribution in [2.24, 2.45) is 0 Å². The van der Waals surface area contributed by atoms with Gasteiger partial charge in [0.1, 0.15) is 11.9 Å². The molecule has 0 saturated carbocycles. The summed E-state index contributed by atoms with van der Waals surface area (Å²) in [5, 5.41) is 10.1. The quantitative estimate of drug-likeness (QED) is 0.852. The summed E-state index contributed by atoms with van der Waals surface area (Å²) in [5.74, 6) is -1.36. The molecular weight excluding hydrogens is 264 g/mol. The largest absolute Gasteiger partial charge is 0.419 e. The van der Waals surface area contributed by atoms with Crippen LogP contribution in [-0.2, 0) is 10.9 Å². The summed E-state index contributed by atoms with van der Waals surface area (Å²) in [4.78, 5) is 0. The number of alkyl halides is 3. The van der Waals surface area contributed by atoms with Crippen molar-refractivity contribution in [3.8, 4) is 0 Å². The summed E-state index contributed by atoms with van der Waals surface area (Å²) in [6, 6.07) is 2.45. The van der Waals surface area contributed by atoms with E-state index in [-0.39, 0.29) is 5.56 Å². The van der Waals surface area contributed by atoms with E-state index in [2.05, 4.69) is 0 Å². The van der Waals surface area contributed by atoms with E-state index in [1.165, 1.54) is 7.11 Å². The lowest BCUT2D eigenvalue weighted by Gasteiger charge is -2.32. The highest BCUT2D eigenvalue weighted by atomic mass is 19.4. The maximum absolute atomic E-state index is 13.2. The smallest absolute Gasteiger partial charge is 0.385 e. The molecule has 2 unspecified atom stereocenters. The Morgan fingerprint density at radius 1 is 1.32 bits per heavy atom. The van der Waals surface area contributed by atoms with Gasteiger partial charge in [0.25, 0.3) is 0 Å². The zero-order valence-electron chi connectivity index (χ0n) is 10.9. The average Bonchev–Trinajstić information content (AvgIpc) is 2.36. The highest BCUT2D eigenvalue weighted by Crippen LogP contribution is 2.36. The van der Waals surface area contributed by atoms with Gasteiger partial charge in [-0.05, 0) is 31.0 Å². The van der Waals surface area contributed by atoms with E-state index in [1.807, 2.05) is 0 Å². The van der Waals surface area contributed by atoms with Crippen molar-refractivity contribution in [1.82, 2.24) is 0 Å². The van der Waals surface area contributed by atoms with Crippen LogP contribution in [0, 0.1) is 5.82 Å². The second kappa shape index (κ2) is 5.46. The Balaban J connectivity index is 3.23. The van der Waals surface area contributed by atoms with Crippen LogP contribution in [0.25, 0.3) is 0 Å². The van der Waals surface area contributed by atoms with Gasteiger partial charge in [-0.3, -0.25) is 0 Å². The number of methoxy groups -OCH3 is 1. The number of hydrogen-bond donors (Lipinski definition) is 1. The van der Waals surface area contributed by atoms with Gasteiger partial charge in [0.05, 0.1) is 11.2 Å². The molecule has 108 valence electrons. The van der Waals surface area contributed by atoms with E-state index in [0.717, 1.165) is 6.07 Å². The number of hydrogen-bond acceptors (Lipinski definition) is 2. The van der Waals surface area contributed by atoms with Crippen molar-refractivity contribution >= 4 is 0 Å². The van der Waals surface area contributed by atoms with Crippen LogP contribution in [0.3, 0.4) is 0 Å². The molecule has 0 radical (unpaired) electrons. The first-order valence-corrected chi connectivity index (χ1v) is 5.75. The molecule has 0 fully saturated rings. The van der Waals surface area contributed by atoms with E-state index in [4.69, 9.17) is 4.74 Å². The molecule has 2 atom stereocenters. The Bertz CT molecular complexity index is 439. The first-order valence-electron chi connectivity index (χ1n) is 5.75. The highest BCUT2D eigenvalue weighted by Gasteiger charge is 2.37. The first-order chi connectivity index (χ1) is 8.65. The Morgan fingerprint density at radius 3 is 2.32 bits per heavy atom. The lowest BCUT2D eigenvalue weighted by atomic mass is 9.89. The summed E-state index contributed by atoms with van der Waals surface area (Å²) in [7, 11) is 1.36. The second-order valence-electron chi connectivity index (χ2n) is 4.51. The lowest BCUT2D eigenvalue weighted by molar-refractivity contribution is -0.140. The summed E-state index contributed by atoms with van der Waals surface area (Å²) in [5.41, 5.74) is -2.45. The van der Waals surface area contributed by atoms with Crippen LogP contribution < -0.4 is 0 Å². The maximum Gasteiger partial charge on any atom is 0.419 e. The van der Waals surface area contributed by atoms with Crippen molar-refractivity contribution in [3.63, 3.8) is 0 Å². The highest BCUT2D eigenvalue weighted by molar-refractivity contribution is 5.30. The molecule has 2 nitrogen and oxygen atoms in total. The molecule has 0 heterocycles. The summed E-state index contributed by atoms with van der Waals surface area (Å²) < 4.78 is 56.1. The molecule has 1 aromatic rings.